The molecule has 1 fully saturated rings. The Bertz CT molecular complexity index is 665. The fourth-order valence-corrected chi connectivity index (χ4v) is 2.63. The number of aromatic nitrogens is 2. The van der Waals surface area contributed by atoms with Crippen LogP contribution in [0, 0.1) is 0 Å². The maximum absolute atomic E-state index is 12.3. The summed E-state index contributed by atoms with van der Waals surface area (Å²) in [6, 6.07) is 1.26. The first-order valence-corrected chi connectivity index (χ1v) is 8.11. The second-order valence-electron chi connectivity index (χ2n) is 6.49. The highest BCUT2D eigenvalue weighted by Crippen LogP contribution is 2.31. The van der Waals surface area contributed by atoms with E-state index < -0.39 is 35.8 Å². The Morgan fingerprint density at radius 3 is 2.50 bits per heavy atom. The van der Waals surface area contributed by atoms with Gasteiger partial charge in [0.1, 0.15) is 18.3 Å². The summed E-state index contributed by atoms with van der Waals surface area (Å²) in [4.78, 5) is 23.8. The molecular weight excluding hydrogens is 316 g/mol. The van der Waals surface area contributed by atoms with Crippen LogP contribution in [-0.2, 0) is 21.3 Å². The summed E-state index contributed by atoms with van der Waals surface area (Å²) in [5.74, 6) is 0. The molecule has 0 unspecified atom stereocenters. The molecule has 1 aromatic rings. The van der Waals surface area contributed by atoms with Crippen LogP contribution >= 0.6 is 0 Å². The Morgan fingerprint density at radius 2 is 1.92 bits per heavy atom. The third-order valence-electron chi connectivity index (χ3n) is 3.82. The van der Waals surface area contributed by atoms with Crippen molar-refractivity contribution in [2.75, 3.05) is 6.61 Å². The van der Waals surface area contributed by atoms with Crippen LogP contribution in [-0.4, -0.2) is 51.4 Å². The molecule has 1 saturated heterocycles. The fourth-order valence-electron chi connectivity index (χ4n) is 2.63. The molecule has 0 saturated carbocycles. The molecule has 0 aliphatic carbocycles. The van der Waals surface area contributed by atoms with Crippen LogP contribution in [0.2, 0.25) is 0 Å². The van der Waals surface area contributed by atoms with Crippen molar-refractivity contribution in [1.29, 1.82) is 0 Å². The van der Waals surface area contributed by atoms with Crippen LogP contribution in [0.3, 0.4) is 0 Å². The summed E-state index contributed by atoms with van der Waals surface area (Å²) >= 11 is 0. The maximum atomic E-state index is 12.3. The van der Waals surface area contributed by atoms with Gasteiger partial charge in [-0.2, -0.15) is 0 Å². The summed E-state index contributed by atoms with van der Waals surface area (Å²) in [5.41, 5.74) is -0.973. The minimum absolute atomic E-state index is 0.00441. The molecule has 0 bridgehead atoms. The van der Waals surface area contributed by atoms with Crippen LogP contribution in [0.4, 0.5) is 0 Å². The maximum Gasteiger partial charge on any atom is 0.332 e. The second-order valence-corrected chi connectivity index (χ2v) is 6.49. The molecular formula is C16H26N2O6. The smallest absolute Gasteiger partial charge is 0.332 e. The van der Waals surface area contributed by atoms with E-state index in [1.165, 1.54) is 23.9 Å². The molecule has 0 radical (unpaired) electrons. The number of aliphatic hydroxyl groups excluding tert-OH is 1. The molecule has 2 heterocycles. The third kappa shape index (κ3) is 3.94. The van der Waals surface area contributed by atoms with Crippen molar-refractivity contribution < 1.29 is 19.3 Å². The summed E-state index contributed by atoms with van der Waals surface area (Å²) in [5, 5.41) is 10.6. The number of nitrogens with zero attached hydrogens (tertiary/aromatic N) is 2. The van der Waals surface area contributed by atoms with Gasteiger partial charge >= 0.3 is 5.69 Å². The lowest BCUT2D eigenvalue weighted by molar-refractivity contribution is -0.0980. The van der Waals surface area contributed by atoms with E-state index in [2.05, 4.69) is 0 Å². The van der Waals surface area contributed by atoms with E-state index in [0.717, 1.165) is 4.57 Å². The van der Waals surface area contributed by atoms with E-state index in [0.29, 0.717) is 0 Å². The molecule has 1 aliphatic heterocycles. The molecule has 8 heteroatoms. The molecule has 24 heavy (non-hydrogen) atoms. The minimum Gasteiger partial charge on any atom is -0.386 e. The second kappa shape index (κ2) is 7.60. The van der Waals surface area contributed by atoms with E-state index in [9.17, 15) is 14.7 Å². The van der Waals surface area contributed by atoms with Gasteiger partial charge in [-0.1, -0.05) is 0 Å². The van der Waals surface area contributed by atoms with Gasteiger partial charge in [-0.15, -0.1) is 0 Å². The van der Waals surface area contributed by atoms with Gasteiger partial charge < -0.3 is 19.3 Å². The first-order chi connectivity index (χ1) is 11.2. The van der Waals surface area contributed by atoms with Crippen molar-refractivity contribution in [3.63, 3.8) is 0 Å². The van der Waals surface area contributed by atoms with Crippen LogP contribution < -0.4 is 11.2 Å². The summed E-state index contributed by atoms with van der Waals surface area (Å²) in [6.07, 6.45) is -1.92. The molecule has 136 valence electrons. The van der Waals surface area contributed by atoms with Crippen molar-refractivity contribution in [2.24, 2.45) is 7.05 Å². The zero-order valence-corrected chi connectivity index (χ0v) is 14.7. The third-order valence-corrected chi connectivity index (χ3v) is 3.82. The highest BCUT2D eigenvalue weighted by Gasteiger charge is 2.46. The largest absolute Gasteiger partial charge is 0.386 e. The summed E-state index contributed by atoms with van der Waals surface area (Å²) < 4.78 is 19.4. The topological polar surface area (TPSA) is 91.9 Å². The van der Waals surface area contributed by atoms with Crippen molar-refractivity contribution in [3.05, 3.63) is 33.1 Å². The SMILES string of the molecule is CC(C)OC[C@H]1O[C@@H](n2ccc(=O)n(C)c2=O)[C@@H](O)[C@H]1OC(C)C. The molecule has 1 N–H and O–H groups in total. The van der Waals surface area contributed by atoms with Crippen LogP contribution in [0.15, 0.2) is 21.9 Å². The van der Waals surface area contributed by atoms with Gasteiger partial charge in [-0.3, -0.25) is 13.9 Å². The predicted molar refractivity (Wildman–Crippen MR) is 87.0 cm³/mol. The lowest BCUT2D eigenvalue weighted by Gasteiger charge is -2.23. The van der Waals surface area contributed by atoms with Crippen LogP contribution in [0.25, 0.3) is 0 Å². The zero-order valence-electron chi connectivity index (χ0n) is 14.7. The Balaban J connectivity index is 2.30. The van der Waals surface area contributed by atoms with E-state index in [1.54, 1.807) is 0 Å². The van der Waals surface area contributed by atoms with E-state index in [1.807, 2.05) is 27.7 Å². The predicted octanol–water partition coefficient (Wildman–Crippen LogP) is 0.0239. The van der Waals surface area contributed by atoms with Gasteiger partial charge in [0.05, 0.1) is 18.8 Å². The molecule has 0 aromatic carbocycles. The van der Waals surface area contributed by atoms with Gasteiger partial charge in [-0.05, 0) is 27.7 Å². The number of ether oxygens (including phenoxy) is 3. The van der Waals surface area contributed by atoms with E-state index >= 15 is 0 Å². The number of rotatable bonds is 6. The first-order valence-electron chi connectivity index (χ1n) is 8.11. The van der Waals surface area contributed by atoms with Crippen molar-refractivity contribution in [3.8, 4) is 0 Å². The lowest BCUT2D eigenvalue weighted by atomic mass is 10.1. The van der Waals surface area contributed by atoms with E-state index in [-0.39, 0.29) is 18.8 Å². The Kier molecular flexibility index (Phi) is 5.97. The highest BCUT2D eigenvalue weighted by atomic mass is 16.6. The number of aliphatic hydroxyl groups is 1. The normalized spacial score (nSPS) is 27.3. The van der Waals surface area contributed by atoms with Gasteiger partial charge in [0, 0.05) is 19.3 Å². The number of hydrogen-bond donors (Lipinski definition) is 1. The van der Waals surface area contributed by atoms with Crippen LogP contribution in [0.1, 0.15) is 33.9 Å². The van der Waals surface area contributed by atoms with Gasteiger partial charge in [-0.25, -0.2) is 4.79 Å². The van der Waals surface area contributed by atoms with Gasteiger partial charge in [0.2, 0.25) is 0 Å². The number of hydrogen-bond acceptors (Lipinski definition) is 6. The molecule has 0 spiro atoms. The standard InChI is InChI=1S/C16H26N2O6/c1-9(2)22-8-11-14(23-10(3)4)13(20)15(24-11)18-7-6-12(19)17(5)16(18)21/h6-7,9-11,13-15,20H,8H2,1-5H3/t11-,13+,14+,15-/m1/s1. The minimum atomic E-state index is -1.05. The van der Waals surface area contributed by atoms with Gasteiger partial charge in [0.15, 0.2) is 6.23 Å². The first kappa shape index (κ1) is 18.9. The molecule has 8 nitrogen and oxygen atoms in total. The summed E-state index contributed by atoms with van der Waals surface area (Å²) in [6.45, 7) is 7.76. The Labute approximate surface area is 140 Å². The Morgan fingerprint density at radius 1 is 1.25 bits per heavy atom. The van der Waals surface area contributed by atoms with Gasteiger partial charge in [0.25, 0.3) is 5.56 Å². The molecule has 1 aromatic heterocycles. The molecule has 4 atom stereocenters. The summed E-state index contributed by atoms with van der Waals surface area (Å²) in [7, 11) is 1.38. The van der Waals surface area contributed by atoms with Crippen molar-refractivity contribution >= 4 is 0 Å². The molecule has 0 amide bonds. The zero-order chi connectivity index (χ0) is 18.0. The van der Waals surface area contributed by atoms with Crippen molar-refractivity contribution in [2.45, 2.75) is 64.4 Å². The quantitative estimate of drug-likeness (QED) is 0.784. The highest BCUT2D eigenvalue weighted by molar-refractivity contribution is 4.95. The fraction of sp³-hybridized carbons (Fsp3) is 0.750. The van der Waals surface area contributed by atoms with E-state index in [4.69, 9.17) is 14.2 Å². The average molecular weight is 342 g/mol. The van der Waals surface area contributed by atoms with Crippen molar-refractivity contribution in [1.82, 2.24) is 9.13 Å². The molecule has 1 aliphatic rings. The van der Waals surface area contributed by atoms with Crippen LogP contribution in [0.5, 0.6) is 0 Å². The lowest BCUT2D eigenvalue weighted by Crippen LogP contribution is -2.42. The molecule has 2 rings (SSSR count). The average Bonchev–Trinajstić information content (AvgIpc) is 2.79. The Hall–Kier alpha value is -1.48. The monoisotopic (exact) mass is 342 g/mol.